The number of nitro groups is 1. The van der Waals surface area contributed by atoms with Crippen molar-refractivity contribution in [1.82, 2.24) is 4.98 Å². The normalized spacial score (nSPS) is 10.5. The molecule has 0 aliphatic carbocycles. The molecule has 1 aromatic heterocycles. The lowest BCUT2D eigenvalue weighted by molar-refractivity contribution is -0.384. The van der Waals surface area contributed by atoms with Crippen LogP contribution in [0.1, 0.15) is 20.8 Å². The summed E-state index contributed by atoms with van der Waals surface area (Å²) in [6.45, 7) is 3.84. The highest BCUT2D eigenvalue weighted by Gasteiger charge is 2.20. The molecule has 7 nitrogen and oxygen atoms in total. The number of non-ortho nitro benzene ring substituents is 1. The third-order valence-corrected chi connectivity index (χ3v) is 4.80. The van der Waals surface area contributed by atoms with Gasteiger partial charge in [0.2, 0.25) is 0 Å². The molecule has 0 spiro atoms. The Hall–Kier alpha value is -3.26. The average molecular weight is 368 g/mol. The number of aryl methyl sites for hydroxylation is 2. The van der Waals surface area contributed by atoms with E-state index in [1.54, 1.807) is 12.1 Å². The number of carbonyl (C=O) groups excluding carboxylic acids is 1. The Morgan fingerprint density at radius 2 is 1.77 bits per heavy atom. The van der Waals surface area contributed by atoms with Crippen molar-refractivity contribution in [3.05, 3.63) is 68.6 Å². The molecule has 1 amide bonds. The van der Waals surface area contributed by atoms with Gasteiger partial charge in [0.05, 0.1) is 10.6 Å². The molecule has 0 saturated carbocycles. The first-order valence-corrected chi connectivity index (χ1v) is 8.57. The van der Waals surface area contributed by atoms with Crippen LogP contribution in [0.25, 0.3) is 11.3 Å². The number of hydrogen-bond acceptors (Lipinski definition) is 6. The van der Waals surface area contributed by atoms with E-state index in [0.29, 0.717) is 16.1 Å². The zero-order valence-corrected chi connectivity index (χ0v) is 15.0. The van der Waals surface area contributed by atoms with Gasteiger partial charge in [0, 0.05) is 23.4 Å². The zero-order valence-electron chi connectivity index (χ0n) is 14.1. The topological polar surface area (TPSA) is 111 Å². The summed E-state index contributed by atoms with van der Waals surface area (Å²) in [5, 5.41) is 14.0. The van der Waals surface area contributed by atoms with Gasteiger partial charge in [-0.25, -0.2) is 4.98 Å². The fourth-order valence-corrected chi connectivity index (χ4v) is 3.36. The molecule has 0 atom stereocenters. The van der Waals surface area contributed by atoms with E-state index in [1.807, 2.05) is 32.0 Å². The smallest absolute Gasteiger partial charge is 0.269 e. The van der Waals surface area contributed by atoms with E-state index in [9.17, 15) is 14.9 Å². The van der Waals surface area contributed by atoms with Gasteiger partial charge >= 0.3 is 0 Å². The van der Waals surface area contributed by atoms with Crippen LogP contribution in [-0.4, -0.2) is 15.8 Å². The van der Waals surface area contributed by atoms with Gasteiger partial charge in [-0.2, -0.15) is 0 Å². The van der Waals surface area contributed by atoms with Crippen molar-refractivity contribution in [2.45, 2.75) is 13.8 Å². The van der Waals surface area contributed by atoms with Crippen molar-refractivity contribution >= 4 is 33.8 Å². The summed E-state index contributed by atoms with van der Waals surface area (Å²) >= 11 is 1.08. The predicted molar refractivity (Wildman–Crippen MR) is 102 cm³/mol. The number of amides is 1. The molecule has 0 radical (unpaired) electrons. The van der Waals surface area contributed by atoms with E-state index in [2.05, 4.69) is 10.3 Å². The van der Waals surface area contributed by atoms with Crippen molar-refractivity contribution < 1.29 is 9.72 Å². The molecule has 3 aromatic rings. The highest BCUT2D eigenvalue weighted by atomic mass is 32.1. The number of nitrogen functional groups attached to an aromatic ring is 1. The van der Waals surface area contributed by atoms with Crippen molar-refractivity contribution in [2.24, 2.45) is 0 Å². The van der Waals surface area contributed by atoms with Crippen LogP contribution in [-0.2, 0) is 0 Å². The van der Waals surface area contributed by atoms with Gasteiger partial charge < -0.3 is 11.1 Å². The summed E-state index contributed by atoms with van der Waals surface area (Å²) in [7, 11) is 0. The van der Waals surface area contributed by atoms with Crippen LogP contribution in [0.5, 0.6) is 0 Å². The number of thiazole rings is 1. The molecule has 132 valence electrons. The maximum atomic E-state index is 12.8. The second kappa shape index (κ2) is 6.93. The van der Waals surface area contributed by atoms with Crippen LogP contribution in [0.4, 0.5) is 16.5 Å². The van der Waals surface area contributed by atoms with E-state index in [1.165, 1.54) is 12.1 Å². The first-order valence-electron chi connectivity index (χ1n) is 7.75. The minimum atomic E-state index is -0.478. The zero-order chi connectivity index (χ0) is 18.8. The SMILES string of the molecule is Cc1cccc(C)c1NC(=O)c1sc(N)nc1-c1ccc([N+](=O)[O-])cc1. The lowest BCUT2D eigenvalue weighted by Gasteiger charge is -2.11. The standard InChI is InChI=1S/C18H16N4O3S/c1-10-4-3-5-11(2)14(10)20-17(23)16-15(21-18(19)26-16)12-6-8-13(9-7-12)22(24)25/h3-9H,1-2H3,(H2,19,21)(H,20,23). The van der Waals surface area contributed by atoms with Crippen LogP contribution in [0.15, 0.2) is 42.5 Å². The molecule has 0 saturated heterocycles. The van der Waals surface area contributed by atoms with Crippen LogP contribution >= 0.6 is 11.3 Å². The first kappa shape index (κ1) is 17.6. The molecule has 26 heavy (non-hydrogen) atoms. The maximum absolute atomic E-state index is 12.8. The number of nitrogens with two attached hydrogens (primary N) is 1. The monoisotopic (exact) mass is 368 g/mol. The molecular formula is C18H16N4O3S. The van der Waals surface area contributed by atoms with E-state index < -0.39 is 4.92 Å². The number of aromatic nitrogens is 1. The summed E-state index contributed by atoms with van der Waals surface area (Å²) < 4.78 is 0. The van der Waals surface area contributed by atoms with Crippen LogP contribution in [0.3, 0.4) is 0 Å². The van der Waals surface area contributed by atoms with Gasteiger partial charge in [-0.05, 0) is 37.1 Å². The Bertz CT molecular complexity index is 976. The maximum Gasteiger partial charge on any atom is 0.269 e. The minimum absolute atomic E-state index is 0.0292. The van der Waals surface area contributed by atoms with Gasteiger partial charge in [0.25, 0.3) is 11.6 Å². The number of para-hydroxylation sites is 1. The number of carbonyl (C=O) groups is 1. The number of benzene rings is 2. The second-order valence-corrected chi connectivity index (χ2v) is 6.79. The minimum Gasteiger partial charge on any atom is -0.375 e. The van der Waals surface area contributed by atoms with E-state index in [0.717, 1.165) is 28.2 Å². The Balaban J connectivity index is 1.96. The molecule has 1 heterocycles. The molecule has 0 bridgehead atoms. The second-order valence-electron chi connectivity index (χ2n) is 5.75. The summed E-state index contributed by atoms with van der Waals surface area (Å²) in [4.78, 5) is 27.7. The highest BCUT2D eigenvalue weighted by molar-refractivity contribution is 7.17. The van der Waals surface area contributed by atoms with Gasteiger partial charge in [-0.15, -0.1) is 0 Å². The number of nitrogens with one attached hydrogen (secondary N) is 1. The quantitative estimate of drug-likeness (QED) is 0.530. The molecule has 2 aromatic carbocycles. The van der Waals surface area contributed by atoms with E-state index >= 15 is 0 Å². The van der Waals surface area contributed by atoms with Crippen molar-refractivity contribution in [1.29, 1.82) is 0 Å². The predicted octanol–water partition coefficient (Wildman–Crippen LogP) is 4.17. The summed E-state index contributed by atoms with van der Waals surface area (Å²) in [5.41, 5.74) is 9.43. The Kier molecular flexibility index (Phi) is 4.68. The molecule has 3 N–H and O–H groups in total. The summed E-state index contributed by atoms with van der Waals surface area (Å²) in [5.74, 6) is -0.315. The van der Waals surface area contributed by atoms with Crippen molar-refractivity contribution in [3.8, 4) is 11.3 Å². The van der Waals surface area contributed by atoms with Crippen molar-refractivity contribution in [3.63, 3.8) is 0 Å². The fraction of sp³-hybridized carbons (Fsp3) is 0.111. The average Bonchev–Trinajstić information content (AvgIpc) is 3.00. The lowest BCUT2D eigenvalue weighted by atomic mass is 10.1. The number of rotatable bonds is 4. The lowest BCUT2D eigenvalue weighted by Crippen LogP contribution is -2.13. The highest BCUT2D eigenvalue weighted by Crippen LogP contribution is 2.32. The Morgan fingerprint density at radius 1 is 1.15 bits per heavy atom. The van der Waals surface area contributed by atoms with Crippen molar-refractivity contribution in [2.75, 3.05) is 11.1 Å². The molecule has 8 heteroatoms. The van der Waals surface area contributed by atoms with Crippen LogP contribution in [0.2, 0.25) is 0 Å². The van der Waals surface area contributed by atoms with Gasteiger partial charge in [-0.3, -0.25) is 14.9 Å². The number of anilines is 2. The molecular weight excluding hydrogens is 352 g/mol. The summed E-state index contributed by atoms with van der Waals surface area (Å²) in [6.07, 6.45) is 0. The van der Waals surface area contributed by atoms with Gasteiger partial charge in [0.15, 0.2) is 5.13 Å². The largest absolute Gasteiger partial charge is 0.375 e. The molecule has 3 rings (SSSR count). The number of nitrogens with zero attached hydrogens (tertiary/aromatic N) is 2. The number of nitro benzene ring substituents is 1. The summed E-state index contributed by atoms with van der Waals surface area (Å²) in [6, 6.07) is 11.6. The third kappa shape index (κ3) is 3.40. The van der Waals surface area contributed by atoms with Crippen LogP contribution in [0, 0.1) is 24.0 Å². The third-order valence-electron chi connectivity index (χ3n) is 3.92. The molecule has 0 fully saturated rings. The first-order chi connectivity index (χ1) is 12.4. The van der Waals surface area contributed by atoms with Gasteiger partial charge in [0.1, 0.15) is 4.88 Å². The Labute approximate surface area is 153 Å². The van der Waals surface area contributed by atoms with E-state index in [4.69, 9.17) is 5.73 Å². The van der Waals surface area contributed by atoms with Gasteiger partial charge in [-0.1, -0.05) is 29.5 Å². The van der Waals surface area contributed by atoms with E-state index in [-0.39, 0.29) is 16.7 Å². The Morgan fingerprint density at radius 3 is 2.35 bits per heavy atom. The molecule has 0 aliphatic heterocycles. The number of hydrogen-bond donors (Lipinski definition) is 2. The van der Waals surface area contributed by atoms with Crippen LogP contribution < -0.4 is 11.1 Å². The fourth-order valence-electron chi connectivity index (χ4n) is 2.61. The molecule has 0 unspecified atom stereocenters. The molecule has 0 aliphatic rings.